The Hall–Kier alpha value is -2.63. The second-order valence-corrected chi connectivity index (χ2v) is 19.9. The van der Waals surface area contributed by atoms with Crippen LogP contribution in [0.25, 0.3) is 0 Å². The Morgan fingerprint density at radius 2 is 0.529 bits per heavy atom. The van der Waals surface area contributed by atoms with Crippen molar-refractivity contribution < 1.29 is 28.6 Å². The van der Waals surface area contributed by atoms with Gasteiger partial charge in [-0.1, -0.05) is 256 Å². The summed E-state index contributed by atoms with van der Waals surface area (Å²) >= 11 is 0. The molecular formula is C62H112O6. The van der Waals surface area contributed by atoms with Gasteiger partial charge in [0.1, 0.15) is 13.2 Å². The lowest BCUT2D eigenvalue weighted by Gasteiger charge is -2.18. The lowest BCUT2D eigenvalue weighted by atomic mass is 10.1. The highest BCUT2D eigenvalue weighted by Crippen LogP contribution is 2.16. The Morgan fingerprint density at radius 3 is 0.838 bits per heavy atom. The number of hydrogen-bond donors (Lipinski definition) is 0. The van der Waals surface area contributed by atoms with E-state index in [4.69, 9.17) is 14.2 Å². The van der Waals surface area contributed by atoms with E-state index in [-0.39, 0.29) is 31.1 Å². The number of allylic oxidation sites excluding steroid dienone is 8. The molecule has 0 aliphatic heterocycles. The normalized spacial score (nSPS) is 12.3. The third kappa shape index (κ3) is 54.3. The van der Waals surface area contributed by atoms with Crippen molar-refractivity contribution >= 4 is 17.9 Å². The van der Waals surface area contributed by atoms with Crippen molar-refractivity contribution in [3.8, 4) is 0 Å². The molecule has 0 spiro atoms. The van der Waals surface area contributed by atoms with Crippen molar-refractivity contribution in [2.24, 2.45) is 0 Å². The van der Waals surface area contributed by atoms with E-state index < -0.39 is 6.10 Å². The Kier molecular flexibility index (Phi) is 54.8. The second kappa shape index (κ2) is 57.0. The number of carbonyl (C=O) groups excluding carboxylic acids is 3. The lowest BCUT2D eigenvalue weighted by molar-refractivity contribution is -0.167. The largest absolute Gasteiger partial charge is 0.462 e. The number of ether oxygens (including phenoxy) is 3. The quantitative estimate of drug-likeness (QED) is 0.0262. The molecule has 0 saturated heterocycles. The highest BCUT2D eigenvalue weighted by atomic mass is 16.6. The molecule has 6 nitrogen and oxygen atoms in total. The maximum atomic E-state index is 12.9. The third-order valence-corrected chi connectivity index (χ3v) is 13.1. The van der Waals surface area contributed by atoms with Crippen LogP contribution < -0.4 is 0 Å². The first-order chi connectivity index (χ1) is 33.5. The first-order valence-corrected chi connectivity index (χ1v) is 29.6. The maximum Gasteiger partial charge on any atom is 0.306 e. The number of unbranched alkanes of at least 4 members (excludes halogenated alkanes) is 35. The van der Waals surface area contributed by atoms with Gasteiger partial charge >= 0.3 is 17.9 Å². The molecule has 6 heteroatoms. The van der Waals surface area contributed by atoms with E-state index >= 15 is 0 Å². The molecule has 396 valence electrons. The minimum atomic E-state index is -0.774. The number of esters is 3. The van der Waals surface area contributed by atoms with Crippen LogP contribution in [-0.2, 0) is 28.6 Å². The predicted molar refractivity (Wildman–Crippen MR) is 293 cm³/mol. The summed E-state index contributed by atoms with van der Waals surface area (Å²) in [6, 6.07) is 0. The standard InChI is InChI=1S/C62H112O6/c1-4-7-10-13-16-19-22-24-26-28-30-31-33-34-36-38-40-43-46-49-52-55-61(64)67-58-59(57-66-60(63)54-51-48-45-42-21-18-15-12-9-6-3)68-62(65)56-53-50-47-44-41-39-37-35-32-29-27-25-23-20-17-14-11-8-5-2/h17,20,22,24-25,27-28,30,59H,4-16,18-19,21,23,26,29,31-58H2,1-3H3/b20-17-,24-22-,27-25-,30-28-. The van der Waals surface area contributed by atoms with E-state index in [1.165, 1.54) is 199 Å². The molecule has 0 aliphatic carbocycles. The predicted octanol–water partition coefficient (Wildman–Crippen LogP) is 19.8. The highest BCUT2D eigenvalue weighted by Gasteiger charge is 2.19. The fraction of sp³-hybridized carbons (Fsp3) is 0.823. The van der Waals surface area contributed by atoms with E-state index in [0.29, 0.717) is 19.3 Å². The van der Waals surface area contributed by atoms with Gasteiger partial charge in [0.05, 0.1) is 0 Å². The van der Waals surface area contributed by atoms with Crippen LogP contribution in [0, 0.1) is 0 Å². The van der Waals surface area contributed by atoms with E-state index in [2.05, 4.69) is 69.4 Å². The van der Waals surface area contributed by atoms with Crippen molar-refractivity contribution in [3.63, 3.8) is 0 Å². The van der Waals surface area contributed by atoms with Gasteiger partial charge < -0.3 is 14.2 Å². The van der Waals surface area contributed by atoms with Gasteiger partial charge in [-0.2, -0.15) is 0 Å². The van der Waals surface area contributed by atoms with Gasteiger partial charge in [0.15, 0.2) is 6.10 Å². The fourth-order valence-electron chi connectivity index (χ4n) is 8.56. The van der Waals surface area contributed by atoms with Crippen LogP contribution in [0.15, 0.2) is 48.6 Å². The summed E-state index contributed by atoms with van der Waals surface area (Å²) in [7, 11) is 0. The van der Waals surface area contributed by atoms with Gasteiger partial charge in [-0.3, -0.25) is 14.4 Å². The summed E-state index contributed by atoms with van der Waals surface area (Å²) in [5, 5.41) is 0. The number of hydrogen-bond acceptors (Lipinski definition) is 6. The van der Waals surface area contributed by atoms with Crippen LogP contribution in [0.2, 0.25) is 0 Å². The fourth-order valence-corrected chi connectivity index (χ4v) is 8.56. The van der Waals surface area contributed by atoms with Gasteiger partial charge in [-0.05, 0) is 83.5 Å². The highest BCUT2D eigenvalue weighted by molar-refractivity contribution is 5.71. The average molecular weight is 954 g/mol. The van der Waals surface area contributed by atoms with Gasteiger partial charge in [0, 0.05) is 19.3 Å². The smallest absolute Gasteiger partial charge is 0.306 e. The first-order valence-electron chi connectivity index (χ1n) is 29.6. The third-order valence-electron chi connectivity index (χ3n) is 13.1. The zero-order chi connectivity index (χ0) is 49.3. The molecule has 1 atom stereocenters. The summed E-state index contributed by atoms with van der Waals surface area (Å²) in [6.07, 6.45) is 69.6. The second-order valence-electron chi connectivity index (χ2n) is 19.9. The molecule has 0 aromatic heterocycles. The molecule has 0 aromatic rings. The van der Waals surface area contributed by atoms with Crippen LogP contribution in [-0.4, -0.2) is 37.2 Å². The van der Waals surface area contributed by atoms with Gasteiger partial charge in [0.25, 0.3) is 0 Å². The SMILES string of the molecule is CCCCC/C=C\C/C=C\CCCCCCCCCCCC(=O)OC(COC(=O)CCCCCCCCCCCC)COC(=O)CCCCCCCCCCC/C=C\C/C=C\CCCCCCC. The first kappa shape index (κ1) is 65.4. The molecule has 0 rings (SSSR count). The summed E-state index contributed by atoms with van der Waals surface area (Å²) in [5.74, 6) is -0.869. The van der Waals surface area contributed by atoms with E-state index in [9.17, 15) is 14.4 Å². The lowest BCUT2D eigenvalue weighted by Crippen LogP contribution is -2.30. The van der Waals surface area contributed by atoms with Crippen LogP contribution >= 0.6 is 0 Å². The molecule has 1 unspecified atom stereocenters. The molecule has 0 aromatic carbocycles. The van der Waals surface area contributed by atoms with Crippen LogP contribution in [0.4, 0.5) is 0 Å². The molecule has 0 radical (unpaired) electrons. The van der Waals surface area contributed by atoms with Gasteiger partial charge in [-0.25, -0.2) is 0 Å². The minimum Gasteiger partial charge on any atom is -0.462 e. The van der Waals surface area contributed by atoms with E-state index in [1.54, 1.807) is 0 Å². The van der Waals surface area contributed by atoms with Gasteiger partial charge in [-0.15, -0.1) is 0 Å². The molecule has 0 amide bonds. The molecule has 0 bridgehead atoms. The van der Waals surface area contributed by atoms with E-state index in [0.717, 1.165) is 70.6 Å². The number of carbonyl (C=O) groups is 3. The van der Waals surface area contributed by atoms with Crippen LogP contribution in [0.1, 0.15) is 310 Å². The van der Waals surface area contributed by atoms with Gasteiger partial charge in [0.2, 0.25) is 0 Å². The monoisotopic (exact) mass is 953 g/mol. The van der Waals surface area contributed by atoms with Crippen molar-refractivity contribution in [3.05, 3.63) is 48.6 Å². The van der Waals surface area contributed by atoms with Crippen molar-refractivity contribution in [1.29, 1.82) is 0 Å². The maximum absolute atomic E-state index is 12.9. The summed E-state index contributed by atoms with van der Waals surface area (Å²) in [5.41, 5.74) is 0. The zero-order valence-electron chi connectivity index (χ0n) is 45.4. The molecule has 0 fully saturated rings. The van der Waals surface area contributed by atoms with E-state index in [1.807, 2.05) is 0 Å². The Bertz CT molecular complexity index is 1190. The topological polar surface area (TPSA) is 78.9 Å². The summed E-state index contributed by atoms with van der Waals surface area (Å²) < 4.78 is 16.9. The molecule has 0 saturated carbocycles. The van der Waals surface area contributed by atoms with Crippen molar-refractivity contribution in [2.45, 2.75) is 316 Å². The zero-order valence-corrected chi connectivity index (χ0v) is 45.4. The molecular weight excluding hydrogens is 841 g/mol. The Morgan fingerprint density at radius 1 is 0.294 bits per heavy atom. The van der Waals surface area contributed by atoms with Crippen molar-refractivity contribution in [2.75, 3.05) is 13.2 Å². The average Bonchev–Trinajstić information content (AvgIpc) is 3.34. The van der Waals surface area contributed by atoms with Crippen LogP contribution in [0.5, 0.6) is 0 Å². The number of rotatable bonds is 54. The Labute approximate surface area is 422 Å². The van der Waals surface area contributed by atoms with Crippen LogP contribution in [0.3, 0.4) is 0 Å². The molecule has 0 N–H and O–H groups in total. The molecule has 0 heterocycles. The molecule has 68 heavy (non-hydrogen) atoms. The Balaban J connectivity index is 4.28. The summed E-state index contributed by atoms with van der Waals surface area (Å²) in [4.78, 5) is 38.1. The minimum absolute atomic E-state index is 0.0733. The van der Waals surface area contributed by atoms with Crippen molar-refractivity contribution in [1.82, 2.24) is 0 Å². The molecule has 0 aliphatic rings. The summed E-state index contributed by atoms with van der Waals surface area (Å²) in [6.45, 7) is 6.62.